The van der Waals surface area contributed by atoms with Crippen LogP contribution in [0.5, 0.6) is 0 Å². The normalized spacial score (nSPS) is 14.6. The maximum Gasteiger partial charge on any atom is 0.274 e. The third-order valence-electron chi connectivity index (χ3n) is 4.01. The Bertz CT molecular complexity index is 708. The smallest absolute Gasteiger partial charge is 0.274 e. The minimum absolute atomic E-state index is 0.195. The summed E-state index contributed by atoms with van der Waals surface area (Å²) < 4.78 is 0. The molecule has 1 saturated heterocycles. The van der Waals surface area contributed by atoms with Gasteiger partial charge in [0.2, 0.25) is 0 Å². The molecule has 1 aromatic heterocycles. The molecular weight excluding hydrogens is 288 g/mol. The lowest BCUT2D eigenvalue weighted by Crippen LogP contribution is -2.31. The fourth-order valence-electron chi connectivity index (χ4n) is 2.87. The highest BCUT2D eigenvalue weighted by Crippen LogP contribution is 2.19. The molecule has 1 aliphatic rings. The number of hydrogen-bond acceptors (Lipinski definition) is 4. The van der Waals surface area contributed by atoms with Gasteiger partial charge in [-0.1, -0.05) is 12.1 Å². The average Bonchev–Trinajstić information content (AvgIpc) is 2.55. The van der Waals surface area contributed by atoms with Crippen LogP contribution in [0.25, 0.3) is 0 Å². The summed E-state index contributed by atoms with van der Waals surface area (Å²) in [5, 5.41) is 2.91. The number of aryl methyl sites for hydroxylation is 2. The van der Waals surface area contributed by atoms with Crippen molar-refractivity contribution in [2.45, 2.75) is 33.1 Å². The molecule has 1 fully saturated rings. The molecule has 5 heteroatoms. The van der Waals surface area contributed by atoms with Crippen molar-refractivity contribution in [2.24, 2.45) is 0 Å². The van der Waals surface area contributed by atoms with Gasteiger partial charge in [-0.3, -0.25) is 4.79 Å². The summed E-state index contributed by atoms with van der Waals surface area (Å²) in [4.78, 5) is 23.5. The van der Waals surface area contributed by atoms with Gasteiger partial charge < -0.3 is 10.2 Å². The Balaban J connectivity index is 1.81. The van der Waals surface area contributed by atoms with Gasteiger partial charge in [-0.15, -0.1) is 0 Å². The second-order valence-electron chi connectivity index (χ2n) is 6.03. The van der Waals surface area contributed by atoms with Crippen LogP contribution >= 0.6 is 0 Å². The number of nitrogens with zero attached hydrogens (tertiary/aromatic N) is 3. The van der Waals surface area contributed by atoms with E-state index in [0.717, 1.165) is 30.2 Å². The van der Waals surface area contributed by atoms with Crippen molar-refractivity contribution in [2.75, 3.05) is 23.3 Å². The van der Waals surface area contributed by atoms with Crippen molar-refractivity contribution in [3.05, 3.63) is 47.4 Å². The van der Waals surface area contributed by atoms with E-state index in [2.05, 4.69) is 20.2 Å². The van der Waals surface area contributed by atoms with Crippen LogP contribution in [0.2, 0.25) is 0 Å². The molecule has 120 valence electrons. The van der Waals surface area contributed by atoms with Crippen LogP contribution in [0.1, 0.15) is 41.1 Å². The van der Waals surface area contributed by atoms with E-state index in [4.69, 9.17) is 0 Å². The van der Waals surface area contributed by atoms with Gasteiger partial charge in [0.25, 0.3) is 5.91 Å². The lowest BCUT2D eigenvalue weighted by atomic mass is 10.1. The number of amides is 1. The van der Waals surface area contributed by atoms with Crippen LogP contribution in [0, 0.1) is 13.8 Å². The Labute approximate surface area is 136 Å². The number of carbonyl (C=O) groups excluding carboxylic acids is 1. The predicted octanol–water partition coefficient (Wildman–Crippen LogP) is 3.34. The zero-order chi connectivity index (χ0) is 16.2. The monoisotopic (exact) mass is 310 g/mol. The Hall–Kier alpha value is -2.43. The van der Waals surface area contributed by atoms with Gasteiger partial charge in [0, 0.05) is 24.8 Å². The van der Waals surface area contributed by atoms with Crippen molar-refractivity contribution < 1.29 is 4.79 Å². The summed E-state index contributed by atoms with van der Waals surface area (Å²) in [6.07, 6.45) is 3.61. The van der Waals surface area contributed by atoms with E-state index in [1.54, 1.807) is 6.07 Å². The molecule has 0 spiro atoms. The van der Waals surface area contributed by atoms with Gasteiger partial charge in [0.05, 0.1) is 0 Å². The molecule has 0 atom stereocenters. The fourth-order valence-corrected chi connectivity index (χ4v) is 2.87. The number of carbonyl (C=O) groups is 1. The van der Waals surface area contributed by atoms with Crippen LogP contribution in [0.3, 0.4) is 0 Å². The number of benzene rings is 1. The second kappa shape index (κ2) is 6.77. The van der Waals surface area contributed by atoms with Gasteiger partial charge in [0.1, 0.15) is 17.3 Å². The molecule has 0 radical (unpaired) electrons. The van der Waals surface area contributed by atoms with E-state index in [0.29, 0.717) is 11.5 Å². The Morgan fingerprint density at radius 1 is 1.09 bits per heavy atom. The minimum Gasteiger partial charge on any atom is -0.356 e. The molecule has 1 N–H and O–H groups in total. The summed E-state index contributed by atoms with van der Waals surface area (Å²) >= 11 is 0. The molecule has 0 bridgehead atoms. The molecular formula is C18H22N4O. The van der Waals surface area contributed by atoms with Gasteiger partial charge in [-0.05, 0) is 50.8 Å². The van der Waals surface area contributed by atoms with E-state index >= 15 is 0 Å². The molecule has 0 unspecified atom stereocenters. The quantitative estimate of drug-likeness (QED) is 0.944. The van der Waals surface area contributed by atoms with Gasteiger partial charge in [0.15, 0.2) is 0 Å². The number of hydrogen-bond donors (Lipinski definition) is 1. The Kier molecular flexibility index (Phi) is 4.55. The molecule has 23 heavy (non-hydrogen) atoms. The Morgan fingerprint density at radius 2 is 1.87 bits per heavy atom. The third-order valence-corrected chi connectivity index (χ3v) is 4.01. The summed E-state index contributed by atoms with van der Waals surface area (Å²) in [5.74, 6) is 1.29. The summed E-state index contributed by atoms with van der Waals surface area (Å²) in [6, 6.07) is 9.54. The van der Waals surface area contributed by atoms with Crippen LogP contribution < -0.4 is 10.2 Å². The van der Waals surface area contributed by atoms with Crippen molar-refractivity contribution >= 4 is 17.4 Å². The Morgan fingerprint density at radius 3 is 2.61 bits per heavy atom. The first-order chi connectivity index (χ1) is 11.1. The van der Waals surface area contributed by atoms with E-state index in [-0.39, 0.29) is 5.91 Å². The number of aromatic nitrogens is 2. The maximum atomic E-state index is 12.5. The van der Waals surface area contributed by atoms with Gasteiger partial charge in [-0.2, -0.15) is 0 Å². The molecule has 1 aliphatic heterocycles. The second-order valence-corrected chi connectivity index (χ2v) is 6.03. The highest BCUT2D eigenvalue weighted by Gasteiger charge is 2.16. The molecule has 1 aromatic carbocycles. The summed E-state index contributed by atoms with van der Waals surface area (Å²) in [7, 11) is 0. The first-order valence-electron chi connectivity index (χ1n) is 8.10. The SMILES string of the molecule is Cc1cccc(NC(=O)c2cc(N3CCCCC3)nc(C)n2)c1. The molecule has 3 rings (SSSR count). The number of piperidine rings is 1. The average molecular weight is 310 g/mol. The molecule has 2 aromatic rings. The van der Waals surface area contributed by atoms with Gasteiger partial charge >= 0.3 is 0 Å². The molecule has 0 saturated carbocycles. The number of nitrogens with one attached hydrogen (secondary N) is 1. The topological polar surface area (TPSA) is 58.1 Å². The molecule has 1 amide bonds. The lowest BCUT2D eigenvalue weighted by Gasteiger charge is -2.28. The first kappa shape index (κ1) is 15.5. The summed E-state index contributed by atoms with van der Waals surface area (Å²) in [6.45, 7) is 5.82. The van der Waals surface area contributed by atoms with Crippen LogP contribution in [-0.2, 0) is 0 Å². The lowest BCUT2D eigenvalue weighted by molar-refractivity contribution is 0.102. The highest BCUT2D eigenvalue weighted by atomic mass is 16.1. The number of rotatable bonds is 3. The van der Waals surface area contributed by atoms with E-state index in [1.165, 1.54) is 19.3 Å². The maximum absolute atomic E-state index is 12.5. The van der Waals surface area contributed by atoms with E-state index in [9.17, 15) is 4.79 Å². The zero-order valence-electron chi connectivity index (χ0n) is 13.7. The van der Waals surface area contributed by atoms with Gasteiger partial charge in [-0.25, -0.2) is 9.97 Å². The van der Waals surface area contributed by atoms with Crippen LogP contribution in [0.4, 0.5) is 11.5 Å². The molecule has 2 heterocycles. The summed E-state index contributed by atoms with van der Waals surface area (Å²) in [5.41, 5.74) is 2.31. The van der Waals surface area contributed by atoms with Crippen molar-refractivity contribution in [1.29, 1.82) is 0 Å². The third kappa shape index (κ3) is 3.86. The zero-order valence-corrected chi connectivity index (χ0v) is 13.7. The first-order valence-corrected chi connectivity index (χ1v) is 8.10. The van der Waals surface area contributed by atoms with Crippen LogP contribution in [-0.4, -0.2) is 29.0 Å². The molecule has 5 nitrogen and oxygen atoms in total. The number of anilines is 2. The standard InChI is InChI=1S/C18H22N4O/c1-13-7-6-8-15(11-13)21-18(23)16-12-17(20-14(2)19-16)22-9-4-3-5-10-22/h6-8,11-12H,3-5,9-10H2,1-2H3,(H,21,23). The molecule has 0 aliphatic carbocycles. The fraction of sp³-hybridized carbons (Fsp3) is 0.389. The minimum atomic E-state index is -0.195. The van der Waals surface area contributed by atoms with Crippen molar-refractivity contribution in [1.82, 2.24) is 9.97 Å². The predicted molar refractivity (Wildman–Crippen MR) is 92.0 cm³/mol. The van der Waals surface area contributed by atoms with Crippen molar-refractivity contribution in [3.8, 4) is 0 Å². The van der Waals surface area contributed by atoms with E-state index < -0.39 is 0 Å². The largest absolute Gasteiger partial charge is 0.356 e. The van der Waals surface area contributed by atoms with Crippen molar-refractivity contribution in [3.63, 3.8) is 0 Å². The van der Waals surface area contributed by atoms with Crippen LogP contribution in [0.15, 0.2) is 30.3 Å². The van der Waals surface area contributed by atoms with E-state index in [1.807, 2.05) is 38.1 Å². The highest BCUT2D eigenvalue weighted by molar-refractivity contribution is 6.03.